The number of methoxy groups -OCH3 is 1. The molecule has 6 heteroatoms. The Bertz CT molecular complexity index is 1010. The molecule has 0 saturated heterocycles. The van der Waals surface area contributed by atoms with Crippen molar-refractivity contribution < 1.29 is 19.1 Å². The van der Waals surface area contributed by atoms with Crippen LogP contribution in [0.3, 0.4) is 0 Å². The average molecular weight is 447 g/mol. The number of rotatable bonds is 10. The highest BCUT2D eigenvalue weighted by Crippen LogP contribution is 2.47. The first-order valence-electron chi connectivity index (χ1n) is 11.4. The van der Waals surface area contributed by atoms with E-state index in [9.17, 15) is 9.59 Å². The smallest absolute Gasteiger partial charge is 0.337 e. The van der Waals surface area contributed by atoms with Crippen LogP contribution in [0.25, 0.3) is 0 Å². The van der Waals surface area contributed by atoms with Crippen LogP contribution in [0.15, 0.2) is 84.0 Å². The fourth-order valence-electron chi connectivity index (χ4n) is 4.53. The zero-order valence-electron chi connectivity index (χ0n) is 19.0. The first-order valence-corrected chi connectivity index (χ1v) is 11.4. The molecule has 0 radical (unpaired) electrons. The van der Waals surface area contributed by atoms with E-state index < -0.39 is 17.7 Å². The zero-order valence-corrected chi connectivity index (χ0v) is 19.0. The molecule has 6 nitrogen and oxygen atoms in total. The summed E-state index contributed by atoms with van der Waals surface area (Å²) in [4.78, 5) is 26.2. The fraction of sp³-hybridized carbons (Fsp3) is 0.333. The summed E-state index contributed by atoms with van der Waals surface area (Å²) in [5, 5.41) is 6.49. The maximum absolute atomic E-state index is 13.1. The third-order valence-electron chi connectivity index (χ3n) is 6.15. The predicted octanol–water partition coefficient (Wildman–Crippen LogP) is 3.80. The number of hydrogen-bond donors (Lipinski definition) is 2. The summed E-state index contributed by atoms with van der Waals surface area (Å²) in [5.41, 5.74) is 1.48. The van der Waals surface area contributed by atoms with Gasteiger partial charge in [-0.1, -0.05) is 68.0 Å². The van der Waals surface area contributed by atoms with E-state index in [1.165, 1.54) is 7.11 Å². The second-order valence-electron chi connectivity index (χ2n) is 8.33. The lowest BCUT2D eigenvalue weighted by Crippen LogP contribution is -2.49. The third-order valence-corrected chi connectivity index (χ3v) is 6.15. The molecule has 3 unspecified atom stereocenters. The van der Waals surface area contributed by atoms with E-state index in [-0.39, 0.29) is 17.5 Å². The van der Waals surface area contributed by atoms with Gasteiger partial charge in [-0.25, -0.2) is 4.79 Å². The minimum atomic E-state index is -1.12. The van der Waals surface area contributed by atoms with E-state index >= 15 is 0 Å². The summed E-state index contributed by atoms with van der Waals surface area (Å²) < 4.78 is 11.6. The van der Waals surface area contributed by atoms with E-state index in [0.717, 1.165) is 24.1 Å². The van der Waals surface area contributed by atoms with Gasteiger partial charge in [-0.05, 0) is 36.6 Å². The summed E-state index contributed by atoms with van der Waals surface area (Å²) in [7, 11) is 1.34. The molecule has 3 atom stereocenters. The van der Waals surface area contributed by atoms with E-state index in [1.807, 2.05) is 72.8 Å². The first kappa shape index (κ1) is 22.8. The second kappa shape index (κ2) is 10.0. The average Bonchev–Trinajstić information content (AvgIpc) is 3.43. The van der Waals surface area contributed by atoms with Gasteiger partial charge in [-0.3, -0.25) is 4.79 Å². The largest absolute Gasteiger partial charge is 0.466 e. The van der Waals surface area contributed by atoms with Crippen LogP contribution >= 0.6 is 0 Å². The van der Waals surface area contributed by atoms with Gasteiger partial charge < -0.3 is 20.1 Å². The van der Waals surface area contributed by atoms with E-state index in [4.69, 9.17) is 9.47 Å². The molecule has 0 aromatic heterocycles. The van der Waals surface area contributed by atoms with Crippen LogP contribution in [0.1, 0.15) is 25.3 Å². The molecular formula is C27H30N2O4. The van der Waals surface area contributed by atoms with Crippen molar-refractivity contribution in [1.82, 2.24) is 5.32 Å². The first-order chi connectivity index (χ1) is 16.1. The standard InChI is InChI=1S/C27H30N2O4/c1-3-4-17-28-25(30)23-21-15-16-27(33-21,24(23)26(31)32-2)22(18-19-11-7-5-8-12-19)29-20-13-9-6-10-14-20/h5-16,21-22,29H,3-4,17-18H2,1-2H3,(H,28,30). The molecule has 2 aromatic carbocycles. The van der Waals surface area contributed by atoms with Crippen molar-refractivity contribution in [3.05, 3.63) is 89.5 Å². The van der Waals surface area contributed by atoms with Crippen LogP contribution in [0.5, 0.6) is 0 Å². The Hall–Kier alpha value is -3.38. The number of carbonyl (C=O) groups excluding carboxylic acids is 2. The summed E-state index contributed by atoms with van der Waals surface area (Å²) in [5.74, 6) is -0.825. The lowest BCUT2D eigenvalue weighted by atomic mass is 9.78. The number of ether oxygens (including phenoxy) is 2. The molecule has 0 aliphatic carbocycles. The molecule has 33 heavy (non-hydrogen) atoms. The van der Waals surface area contributed by atoms with Crippen LogP contribution in [0.2, 0.25) is 0 Å². The Morgan fingerprint density at radius 2 is 1.79 bits per heavy atom. The molecule has 2 aromatic rings. The van der Waals surface area contributed by atoms with Crippen molar-refractivity contribution >= 4 is 17.6 Å². The van der Waals surface area contributed by atoms with Crippen LogP contribution in [-0.4, -0.2) is 43.3 Å². The minimum Gasteiger partial charge on any atom is -0.466 e. The second-order valence-corrected chi connectivity index (χ2v) is 8.33. The van der Waals surface area contributed by atoms with Crippen molar-refractivity contribution in [3.63, 3.8) is 0 Å². The highest BCUT2D eigenvalue weighted by atomic mass is 16.5. The molecule has 0 fully saturated rings. The highest BCUT2D eigenvalue weighted by Gasteiger charge is 2.58. The van der Waals surface area contributed by atoms with Gasteiger partial charge in [-0.15, -0.1) is 0 Å². The Morgan fingerprint density at radius 3 is 2.45 bits per heavy atom. The minimum absolute atomic E-state index is 0.274. The van der Waals surface area contributed by atoms with Crippen LogP contribution in [0, 0.1) is 0 Å². The van der Waals surface area contributed by atoms with Crippen LogP contribution < -0.4 is 10.6 Å². The fourth-order valence-corrected chi connectivity index (χ4v) is 4.53. The summed E-state index contributed by atoms with van der Waals surface area (Å²) in [6, 6.07) is 19.5. The summed E-state index contributed by atoms with van der Waals surface area (Å²) in [6.45, 7) is 2.61. The Labute approximate surface area is 194 Å². The van der Waals surface area contributed by atoms with Gasteiger partial charge in [0.2, 0.25) is 0 Å². The molecule has 0 spiro atoms. The number of anilines is 1. The Morgan fingerprint density at radius 1 is 1.09 bits per heavy atom. The lowest BCUT2D eigenvalue weighted by molar-refractivity contribution is -0.138. The van der Waals surface area contributed by atoms with E-state index in [1.54, 1.807) is 0 Å². The van der Waals surface area contributed by atoms with Gasteiger partial charge in [0, 0.05) is 12.2 Å². The van der Waals surface area contributed by atoms with Gasteiger partial charge in [0.05, 0.1) is 24.3 Å². The molecule has 0 saturated carbocycles. The molecule has 2 aliphatic rings. The molecular weight excluding hydrogens is 416 g/mol. The van der Waals surface area contributed by atoms with Gasteiger partial charge >= 0.3 is 5.97 Å². The SMILES string of the molecule is CCCCNC(=O)C1=C(C(=O)OC)C2(C(Cc3ccccc3)Nc3ccccc3)C=CC1O2. The van der Waals surface area contributed by atoms with Gasteiger partial charge in [-0.2, -0.15) is 0 Å². The molecule has 2 bridgehead atoms. The molecule has 4 rings (SSSR count). The number of unbranched alkanes of at least 4 members (excludes halogenated alkanes) is 1. The number of fused-ring (bicyclic) bond motifs is 2. The molecule has 1 amide bonds. The van der Waals surface area contributed by atoms with Gasteiger partial charge in [0.1, 0.15) is 11.7 Å². The quantitative estimate of drug-likeness (QED) is 0.330. The number of carbonyl (C=O) groups is 2. The van der Waals surface area contributed by atoms with Crippen LogP contribution in [-0.2, 0) is 25.5 Å². The topological polar surface area (TPSA) is 76.7 Å². The van der Waals surface area contributed by atoms with Crippen molar-refractivity contribution in [3.8, 4) is 0 Å². The van der Waals surface area contributed by atoms with E-state index in [2.05, 4.69) is 17.6 Å². The number of benzene rings is 2. The van der Waals surface area contributed by atoms with Gasteiger partial charge in [0.15, 0.2) is 0 Å². The van der Waals surface area contributed by atoms with Crippen molar-refractivity contribution in [2.24, 2.45) is 0 Å². The highest BCUT2D eigenvalue weighted by molar-refractivity contribution is 6.07. The monoisotopic (exact) mass is 446 g/mol. The maximum Gasteiger partial charge on any atom is 0.337 e. The number of nitrogens with one attached hydrogen (secondary N) is 2. The maximum atomic E-state index is 13.1. The molecule has 172 valence electrons. The number of amides is 1. The van der Waals surface area contributed by atoms with Crippen molar-refractivity contribution in [1.29, 1.82) is 0 Å². The predicted molar refractivity (Wildman–Crippen MR) is 128 cm³/mol. The van der Waals surface area contributed by atoms with Crippen molar-refractivity contribution in [2.45, 2.75) is 43.9 Å². The number of para-hydroxylation sites is 1. The van der Waals surface area contributed by atoms with Crippen molar-refractivity contribution in [2.75, 3.05) is 19.0 Å². The van der Waals surface area contributed by atoms with Gasteiger partial charge in [0.25, 0.3) is 5.91 Å². The normalized spacial score (nSPS) is 21.7. The summed E-state index contributed by atoms with van der Waals surface area (Å²) >= 11 is 0. The van der Waals surface area contributed by atoms with E-state index in [0.29, 0.717) is 18.5 Å². The third kappa shape index (κ3) is 4.57. The number of esters is 1. The Kier molecular flexibility index (Phi) is 6.94. The Balaban J connectivity index is 1.75. The number of hydrogen-bond acceptors (Lipinski definition) is 5. The zero-order chi connectivity index (χ0) is 23.3. The summed E-state index contributed by atoms with van der Waals surface area (Å²) in [6.07, 6.45) is 5.59. The molecule has 2 aliphatic heterocycles. The van der Waals surface area contributed by atoms with Crippen LogP contribution in [0.4, 0.5) is 5.69 Å². The lowest BCUT2D eigenvalue weighted by Gasteiger charge is -2.36. The molecule has 2 heterocycles. The molecule has 2 N–H and O–H groups in total.